The molecule has 18 heavy (non-hydrogen) atoms. The molecule has 0 spiro atoms. The van der Waals surface area contributed by atoms with Gasteiger partial charge in [0.15, 0.2) is 0 Å². The molecule has 0 saturated carbocycles. The number of aliphatic carboxylic acids is 1. The molecule has 2 fully saturated rings. The van der Waals surface area contributed by atoms with Crippen LogP contribution in [0.1, 0.15) is 19.3 Å². The van der Waals surface area contributed by atoms with Gasteiger partial charge in [0.2, 0.25) is 11.8 Å². The fourth-order valence-corrected chi connectivity index (χ4v) is 2.47. The lowest BCUT2D eigenvalue weighted by Gasteiger charge is -2.28. The van der Waals surface area contributed by atoms with Crippen molar-refractivity contribution < 1.29 is 24.6 Å². The molecule has 2 saturated heterocycles. The van der Waals surface area contributed by atoms with E-state index in [0.29, 0.717) is 6.42 Å². The average molecular weight is 256 g/mol. The molecule has 100 valence electrons. The first-order chi connectivity index (χ1) is 8.49. The lowest BCUT2D eigenvalue weighted by molar-refractivity contribution is -0.150. The minimum atomic E-state index is -1.10. The Morgan fingerprint density at radius 3 is 2.67 bits per heavy atom. The van der Waals surface area contributed by atoms with Crippen LogP contribution >= 0.6 is 0 Å². The van der Waals surface area contributed by atoms with Crippen LogP contribution in [0.4, 0.5) is 0 Å². The standard InChI is InChI=1S/C11H16N2O5/c14-7-3-8(11(17)18)13(5-7)10(16)6-1-2-9(15)12-4-6/h6-8,14H,1-5H2,(H,12,15)(H,17,18). The number of nitrogens with one attached hydrogen (secondary N) is 1. The van der Waals surface area contributed by atoms with Crippen molar-refractivity contribution in [1.82, 2.24) is 10.2 Å². The van der Waals surface area contributed by atoms with Gasteiger partial charge >= 0.3 is 5.97 Å². The highest BCUT2D eigenvalue weighted by Gasteiger charge is 2.41. The number of aliphatic hydroxyl groups excluding tert-OH is 1. The molecule has 2 amide bonds. The normalized spacial score (nSPS) is 32.2. The fraction of sp³-hybridized carbons (Fsp3) is 0.727. The minimum Gasteiger partial charge on any atom is -0.480 e. The third kappa shape index (κ3) is 2.45. The molecular weight excluding hydrogens is 240 g/mol. The van der Waals surface area contributed by atoms with Crippen LogP contribution in [0.5, 0.6) is 0 Å². The van der Waals surface area contributed by atoms with E-state index >= 15 is 0 Å². The second-order valence-electron chi connectivity index (χ2n) is 4.77. The number of carboxylic acid groups (broad SMARTS) is 1. The predicted octanol–water partition coefficient (Wildman–Crippen LogP) is -1.44. The molecule has 0 aromatic heterocycles. The Hall–Kier alpha value is -1.63. The van der Waals surface area contributed by atoms with Crippen molar-refractivity contribution >= 4 is 17.8 Å². The van der Waals surface area contributed by atoms with Gasteiger partial charge in [0, 0.05) is 25.9 Å². The van der Waals surface area contributed by atoms with E-state index in [0.717, 1.165) is 0 Å². The first-order valence-electron chi connectivity index (χ1n) is 5.97. The van der Waals surface area contributed by atoms with Gasteiger partial charge in [0.1, 0.15) is 6.04 Å². The van der Waals surface area contributed by atoms with E-state index in [9.17, 15) is 19.5 Å². The molecule has 7 heteroatoms. The van der Waals surface area contributed by atoms with Crippen molar-refractivity contribution in [3.05, 3.63) is 0 Å². The van der Waals surface area contributed by atoms with Crippen LogP contribution in [0.25, 0.3) is 0 Å². The lowest BCUT2D eigenvalue weighted by Crippen LogP contribution is -2.48. The maximum atomic E-state index is 12.2. The fourth-order valence-electron chi connectivity index (χ4n) is 2.47. The maximum absolute atomic E-state index is 12.2. The van der Waals surface area contributed by atoms with E-state index in [1.165, 1.54) is 4.90 Å². The van der Waals surface area contributed by atoms with E-state index < -0.39 is 18.1 Å². The Morgan fingerprint density at radius 2 is 2.11 bits per heavy atom. The van der Waals surface area contributed by atoms with Crippen molar-refractivity contribution in [2.45, 2.75) is 31.4 Å². The number of likely N-dealkylation sites (tertiary alicyclic amines) is 1. The number of carbonyl (C=O) groups is 3. The summed E-state index contributed by atoms with van der Waals surface area (Å²) in [6.07, 6.45) is 0.00196. The molecule has 2 aliphatic heterocycles. The number of carboxylic acids is 1. The zero-order valence-corrected chi connectivity index (χ0v) is 9.83. The SMILES string of the molecule is O=C1CCC(C(=O)N2CC(O)CC2C(=O)O)CN1. The molecule has 3 unspecified atom stereocenters. The number of amides is 2. The second kappa shape index (κ2) is 4.93. The summed E-state index contributed by atoms with van der Waals surface area (Å²) in [6.45, 7) is 0.302. The van der Waals surface area contributed by atoms with E-state index in [1.54, 1.807) is 0 Å². The van der Waals surface area contributed by atoms with Crippen LogP contribution in [0, 0.1) is 5.92 Å². The van der Waals surface area contributed by atoms with Crippen LogP contribution in [0.2, 0.25) is 0 Å². The summed E-state index contributed by atoms with van der Waals surface area (Å²) in [4.78, 5) is 35.4. The monoisotopic (exact) mass is 256 g/mol. The molecule has 2 aliphatic rings. The summed E-state index contributed by atoms with van der Waals surface area (Å²) in [5.41, 5.74) is 0. The van der Waals surface area contributed by atoms with Gasteiger partial charge < -0.3 is 20.4 Å². The molecule has 2 rings (SSSR count). The van der Waals surface area contributed by atoms with Gasteiger partial charge in [0.05, 0.1) is 12.0 Å². The van der Waals surface area contributed by atoms with Crippen LogP contribution in [-0.2, 0) is 14.4 Å². The largest absolute Gasteiger partial charge is 0.480 e. The number of rotatable bonds is 2. The van der Waals surface area contributed by atoms with Gasteiger partial charge in [0.25, 0.3) is 0 Å². The summed E-state index contributed by atoms with van der Waals surface area (Å²) >= 11 is 0. The number of hydrogen-bond acceptors (Lipinski definition) is 4. The summed E-state index contributed by atoms with van der Waals surface area (Å²) in [5.74, 6) is -1.86. The van der Waals surface area contributed by atoms with Crippen molar-refractivity contribution in [2.24, 2.45) is 5.92 Å². The van der Waals surface area contributed by atoms with Gasteiger partial charge in [-0.25, -0.2) is 4.79 Å². The highest BCUT2D eigenvalue weighted by atomic mass is 16.4. The Bertz CT molecular complexity index is 374. The number of carbonyl (C=O) groups excluding carboxylic acids is 2. The summed E-state index contributed by atoms with van der Waals surface area (Å²) in [6, 6.07) is -0.954. The Balaban J connectivity index is 2.03. The molecule has 2 heterocycles. The average Bonchev–Trinajstić information content (AvgIpc) is 2.71. The molecule has 7 nitrogen and oxygen atoms in total. The van der Waals surface area contributed by atoms with Crippen molar-refractivity contribution in [1.29, 1.82) is 0 Å². The first-order valence-corrected chi connectivity index (χ1v) is 5.97. The van der Waals surface area contributed by atoms with Crippen LogP contribution in [0.3, 0.4) is 0 Å². The minimum absolute atomic E-state index is 0.0558. The third-order valence-corrected chi connectivity index (χ3v) is 3.46. The predicted molar refractivity (Wildman–Crippen MR) is 59.5 cm³/mol. The zero-order valence-electron chi connectivity index (χ0n) is 9.83. The highest BCUT2D eigenvalue weighted by Crippen LogP contribution is 2.23. The molecule has 0 radical (unpaired) electrons. The van der Waals surface area contributed by atoms with E-state index in [1.807, 2.05) is 0 Å². The smallest absolute Gasteiger partial charge is 0.326 e. The summed E-state index contributed by atoms with van der Waals surface area (Å²) < 4.78 is 0. The Labute approximate surface area is 104 Å². The van der Waals surface area contributed by atoms with Crippen LogP contribution < -0.4 is 5.32 Å². The lowest BCUT2D eigenvalue weighted by atomic mass is 9.97. The molecule has 0 aromatic rings. The number of piperidine rings is 1. The Morgan fingerprint density at radius 1 is 1.39 bits per heavy atom. The van der Waals surface area contributed by atoms with Gasteiger partial charge in [-0.3, -0.25) is 9.59 Å². The highest BCUT2D eigenvalue weighted by molar-refractivity contribution is 5.87. The Kier molecular flexibility index (Phi) is 3.51. The molecule has 0 aliphatic carbocycles. The van der Waals surface area contributed by atoms with Crippen molar-refractivity contribution in [3.63, 3.8) is 0 Å². The van der Waals surface area contributed by atoms with Crippen molar-refractivity contribution in [3.8, 4) is 0 Å². The van der Waals surface area contributed by atoms with E-state index in [2.05, 4.69) is 5.32 Å². The topological polar surface area (TPSA) is 107 Å². The van der Waals surface area contributed by atoms with Crippen LogP contribution in [0.15, 0.2) is 0 Å². The number of hydrogen-bond donors (Lipinski definition) is 3. The third-order valence-electron chi connectivity index (χ3n) is 3.46. The summed E-state index contributed by atoms with van der Waals surface area (Å²) in [7, 11) is 0. The van der Waals surface area contributed by atoms with Crippen LogP contribution in [-0.4, -0.2) is 58.1 Å². The van der Waals surface area contributed by atoms with E-state index in [-0.39, 0.29) is 43.7 Å². The van der Waals surface area contributed by atoms with E-state index in [4.69, 9.17) is 5.11 Å². The number of aliphatic hydroxyl groups is 1. The zero-order chi connectivity index (χ0) is 13.3. The maximum Gasteiger partial charge on any atom is 0.326 e. The molecular formula is C11H16N2O5. The quantitative estimate of drug-likeness (QED) is 0.561. The van der Waals surface area contributed by atoms with Crippen molar-refractivity contribution in [2.75, 3.05) is 13.1 Å². The number of nitrogens with zero attached hydrogens (tertiary/aromatic N) is 1. The second-order valence-corrected chi connectivity index (χ2v) is 4.77. The molecule has 3 atom stereocenters. The molecule has 0 bridgehead atoms. The first kappa shape index (κ1) is 12.8. The van der Waals surface area contributed by atoms with Gasteiger partial charge in [-0.2, -0.15) is 0 Å². The molecule has 3 N–H and O–H groups in total. The van der Waals surface area contributed by atoms with Gasteiger partial charge in [-0.1, -0.05) is 0 Å². The summed E-state index contributed by atoms with van der Waals surface area (Å²) in [5, 5.41) is 21.1. The number of β-amino-alcohol motifs (C(OH)–C–C–N with tert-alkyl or cyclic N) is 1. The molecule has 0 aromatic carbocycles. The van der Waals surface area contributed by atoms with Gasteiger partial charge in [-0.05, 0) is 6.42 Å². The van der Waals surface area contributed by atoms with Gasteiger partial charge in [-0.15, -0.1) is 0 Å².